The van der Waals surface area contributed by atoms with Crippen LogP contribution in [0.15, 0.2) is 12.1 Å². The molecule has 0 unspecified atom stereocenters. The lowest BCUT2D eigenvalue weighted by molar-refractivity contribution is 0.174. The molecule has 0 amide bonds. The molecule has 0 spiro atoms. The van der Waals surface area contributed by atoms with Crippen molar-refractivity contribution in [3.05, 3.63) is 22.7 Å². The molecule has 0 aliphatic carbocycles. The van der Waals surface area contributed by atoms with Gasteiger partial charge >= 0.3 is 0 Å². The summed E-state index contributed by atoms with van der Waals surface area (Å²) in [5.74, 6) is 1.30. The quantitative estimate of drug-likeness (QED) is 0.722. The van der Waals surface area contributed by atoms with E-state index >= 15 is 0 Å². The number of fused-ring (bicyclic) bond motifs is 1. The molecule has 1 aromatic carbocycles. The van der Waals surface area contributed by atoms with Crippen molar-refractivity contribution in [3.8, 4) is 11.5 Å². The van der Waals surface area contributed by atoms with Crippen molar-refractivity contribution in [1.29, 1.82) is 0 Å². The fourth-order valence-electron chi connectivity index (χ4n) is 1.14. The van der Waals surface area contributed by atoms with Crippen molar-refractivity contribution in [2.75, 3.05) is 6.79 Å². The van der Waals surface area contributed by atoms with E-state index in [4.69, 9.17) is 26.8 Å². The summed E-state index contributed by atoms with van der Waals surface area (Å²) in [7, 11) is 0. The van der Waals surface area contributed by atoms with Gasteiger partial charge in [0.15, 0.2) is 11.5 Å². The number of benzene rings is 1. The van der Waals surface area contributed by atoms with E-state index in [0.717, 1.165) is 5.56 Å². The standard InChI is InChI=1S/C8H8ClNO2/c9-7-5(3-10)1-2-6-8(7)12-4-11-6/h1-2H,3-4,10H2. The molecule has 12 heavy (non-hydrogen) atoms. The van der Waals surface area contributed by atoms with E-state index in [9.17, 15) is 0 Å². The SMILES string of the molecule is NCc1ccc2c(c1Cl)OCO2. The number of rotatable bonds is 1. The van der Waals surface area contributed by atoms with E-state index in [-0.39, 0.29) is 6.79 Å². The third kappa shape index (κ3) is 1.02. The molecule has 0 fully saturated rings. The smallest absolute Gasteiger partial charge is 0.231 e. The van der Waals surface area contributed by atoms with Crippen LogP contribution in [0, 0.1) is 0 Å². The number of nitrogens with two attached hydrogens (primary N) is 1. The second-order valence-corrected chi connectivity index (χ2v) is 2.85. The molecular formula is C8H8ClNO2. The van der Waals surface area contributed by atoms with Gasteiger partial charge in [-0.25, -0.2) is 0 Å². The maximum absolute atomic E-state index is 5.97. The second-order valence-electron chi connectivity index (χ2n) is 2.48. The highest BCUT2D eigenvalue weighted by Crippen LogP contribution is 2.40. The average molecular weight is 186 g/mol. The Kier molecular flexibility index (Phi) is 1.83. The Morgan fingerprint density at radius 2 is 2.25 bits per heavy atom. The number of hydrogen-bond donors (Lipinski definition) is 1. The molecule has 0 aromatic heterocycles. The van der Waals surface area contributed by atoms with E-state index in [1.807, 2.05) is 12.1 Å². The number of hydrogen-bond acceptors (Lipinski definition) is 3. The van der Waals surface area contributed by atoms with E-state index in [2.05, 4.69) is 0 Å². The highest BCUT2D eigenvalue weighted by molar-refractivity contribution is 6.33. The summed E-state index contributed by atoms with van der Waals surface area (Å²) in [4.78, 5) is 0. The third-order valence-electron chi connectivity index (χ3n) is 1.78. The van der Waals surface area contributed by atoms with Gasteiger partial charge < -0.3 is 15.2 Å². The lowest BCUT2D eigenvalue weighted by atomic mass is 10.2. The molecule has 1 heterocycles. The summed E-state index contributed by atoms with van der Waals surface area (Å²) in [6.07, 6.45) is 0. The second kappa shape index (κ2) is 2.84. The normalized spacial score (nSPS) is 13.5. The summed E-state index contributed by atoms with van der Waals surface area (Å²) in [6, 6.07) is 3.66. The van der Waals surface area contributed by atoms with Crippen molar-refractivity contribution in [2.45, 2.75) is 6.54 Å². The minimum absolute atomic E-state index is 0.239. The van der Waals surface area contributed by atoms with Gasteiger partial charge in [-0.15, -0.1) is 0 Å². The Morgan fingerprint density at radius 1 is 1.42 bits per heavy atom. The summed E-state index contributed by atoms with van der Waals surface area (Å²) in [5.41, 5.74) is 6.34. The van der Waals surface area contributed by atoms with Crippen molar-refractivity contribution in [3.63, 3.8) is 0 Å². The summed E-state index contributed by atoms with van der Waals surface area (Å²) >= 11 is 5.97. The molecule has 1 aromatic rings. The zero-order chi connectivity index (χ0) is 8.55. The van der Waals surface area contributed by atoms with Crippen LogP contribution in [0.4, 0.5) is 0 Å². The molecule has 0 atom stereocenters. The van der Waals surface area contributed by atoms with Crippen LogP contribution in [0.1, 0.15) is 5.56 Å². The van der Waals surface area contributed by atoms with Crippen molar-refractivity contribution >= 4 is 11.6 Å². The molecule has 3 nitrogen and oxygen atoms in total. The van der Waals surface area contributed by atoms with Gasteiger partial charge in [0.25, 0.3) is 0 Å². The molecule has 1 aliphatic heterocycles. The minimum atomic E-state index is 0.239. The fraction of sp³-hybridized carbons (Fsp3) is 0.250. The van der Waals surface area contributed by atoms with Crippen LogP contribution in [-0.4, -0.2) is 6.79 Å². The lowest BCUT2D eigenvalue weighted by Gasteiger charge is -2.03. The van der Waals surface area contributed by atoms with Gasteiger partial charge in [0.1, 0.15) is 0 Å². The van der Waals surface area contributed by atoms with Gasteiger partial charge in [0, 0.05) is 6.54 Å². The summed E-state index contributed by atoms with van der Waals surface area (Å²) in [6.45, 7) is 0.651. The highest BCUT2D eigenvalue weighted by Gasteiger charge is 2.18. The van der Waals surface area contributed by atoms with Gasteiger partial charge in [-0.3, -0.25) is 0 Å². The first-order chi connectivity index (χ1) is 5.83. The maximum Gasteiger partial charge on any atom is 0.231 e. The first-order valence-electron chi connectivity index (χ1n) is 3.60. The maximum atomic E-state index is 5.97. The van der Waals surface area contributed by atoms with Gasteiger partial charge in [0.2, 0.25) is 6.79 Å². The lowest BCUT2D eigenvalue weighted by Crippen LogP contribution is -1.97. The van der Waals surface area contributed by atoms with Crippen LogP contribution in [0.5, 0.6) is 11.5 Å². The number of ether oxygens (including phenoxy) is 2. The predicted molar refractivity (Wildman–Crippen MR) is 45.5 cm³/mol. The van der Waals surface area contributed by atoms with Crippen LogP contribution in [0.25, 0.3) is 0 Å². The van der Waals surface area contributed by atoms with Crippen molar-refractivity contribution in [1.82, 2.24) is 0 Å². The molecule has 4 heteroatoms. The van der Waals surface area contributed by atoms with Gasteiger partial charge in [0.05, 0.1) is 5.02 Å². The fourth-order valence-corrected chi connectivity index (χ4v) is 1.42. The van der Waals surface area contributed by atoms with E-state index in [0.29, 0.717) is 23.1 Å². The van der Waals surface area contributed by atoms with Crippen LogP contribution in [0.2, 0.25) is 5.02 Å². The van der Waals surface area contributed by atoms with E-state index < -0.39 is 0 Å². The molecular weight excluding hydrogens is 178 g/mol. The Labute approximate surface area is 75.0 Å². The monoisotopic (exact) mass is 185 g/mol. The molecule has 0 bridgehead atoms. The first-order valence-corrected chi connectivity index (χ1v) is 3.98. The van der Waals surface area contributed by atoms with Gasteiger partial charge in [-0.1, -0.05) is 17.7 Å². The molecule has 0 saturated heterocycles. The van der Waals surface area contributed by atoms with Crippen molar-refractivity contribution < 1.29 is 9.47 Å². The predicted octanol–water partition coefficient (Wildman–Crippen LogP) is 1.53. The third-order valence-corrected chi connectivity index (χ3v) is 2.19. The average Bonchev–Trinajstić information content (AvgIpc) is 2.53. The molecule has 2 N–H and O–H groups in total. The van der Waals surface area contributed by atoms with Crippen LogP contribution < -0.4 is 15.2 Å². The number of halogens is 1. The van der Waals surface area contributed by atoms with Crippen LogP contribution in [-0.2, 0) is 6.54 Å². The zero-order valence-corrected chi connectivity index (χ0v) is 7.10. The van der Waals surface area contributed by atoms with Crippen LogP contribution in [0.3, 0.4) is 0 Å². The topological polar surface area (TPSA) is 44.5 Å². The Bertz CT molecular complexity index is 314. The van der Waals surface area contributed by atoms with E-state index in [1.54, 1.807) is 0 Å². The Balaban J connectivity index is 2.54. The van der Waals surface area contributed by atoms with Gasteiger partial charge in [-0.05, 0) is 11.6 Å². The largest absolute Gasteiger partial charge is 0.454 e. The molecule has 64 valence electrons. The van der Waals surface area contributed by atoms with Gasteiger partial charge in [-0.2, -0.15) is 0 Å². The minimum Gasteiger partial charge on any atom is -0.454 e. The molecule has 0 radical (unpaired) electrons. The zero-order valence-electron chi connectivity index (χ0n) is 6.34. The Morgan fingerprint density at radius 3 is 3.00 bits per heavy atom. The summed E-state index contributed by atoms with van der Waals surface area (Å²) in [5, 5.41) is 0.563. The Hall–Kier alpha value is -0.930. The van der Waals surface area contributed by atoms with Crippen LogP contribution >= 0.6 is 11.6 Å². The molecule has 1 aliphatic rings. The van der Waals surface area contributed by atoms with E-state index in [1.165, 1.54) is 0 Å². The molecule has 0 saturated carbocycles. The summed E-state index contributed by atoms with van der Waals surface area (Å²) < 4.78 is 10.3. The highest BCUT2D eigenvalue weighted by atomic mass is 35.5. The first kappa shape index (κ1) is 7.71. The van der Waals surface area contributed by atoms with Crippen molar-refractivity contribution in [2.24, 2.45) is 5.73 Å². The molecule has 2 rings (SSSR count).